The van der Waals surface area contributed by atoms with Crippen molar-refractivity contribution >= 4 is 23.4 Å². The van der Waals surface area contributed by atoms with Crippen LogP contribution in [0.25, 0.3) is 34.0 Å². The topological polar surface area (TPSA) is 99.4 Å². The van der Waals surface area contributed by atoms with Gasteiger partial charge in [-0.25, -0.2) is 9.37 Å². The molecule has 0 saturated carbocycles. The fourth-order valence-electron chi connectivity index (χ4n) is 3.92. The van der Waals surface area contributed by atoms with Crippen LogP contribution in [0.1, 0.15) is 39.2 Å². The SMILES string of the molecule is COCc1cc(-c2nc(-c3cnc(NCCCC(=O)OC(C)(C)C)c(Cl)c3)no2)ccc1-c1ccccc1F. The number of aromatic nitrogens is 3. The van der Waals surface area contributed by atoms with Crippen molar-refractivity contribution in [1.82, 2.24) is 15.1 Å². The smallest absolute Gasteiger partial charge is 0.306 e. The lowest BCUT2D eigenvalue weighted by Crippen LogP contribution is -2.24. The van der Waals surface area contributed by atoms with Gasteiger partial charge in [0.05, 0.1) is 11.6 Å². The molecule has 2 aromatic heterocycles. The molecule has 0 aliphatic heterocycles. The highest BCUT2D eigenvalue weighted by molar-refractivity contribution is 6.33. The average molecular weight is 553 g/mol. The van der Waals surface area contributed by atoms with Crippen LogP contribution in [-0.4, -0.2) is 40.3 Å². The molecular weight excluding hydrogens is 523 g/mol. The van der Waals surface area contributed by atoms with Gasteiger partial charge in [-0.1, -0.05) is 41.0 Å². The van der Waals surface area contributed by atoms with Gasteiger partial charge in [-0.2, -0.15) is 4.98 Å². The Hall–Kier alpha value is -3.82. The number of anilines is 1. The Balaban J connectivity index is 1.45. The Morgan fingerprint density at radius 1 is 1.10 bits per heavy atom. The largest absolute Gasteiger partial charge is 0.460 e. The molecule has 8 nitrogen and oxygen atoms in total. The number of hydrogen-bond acceptors (Lipinski definition) is 8. The van der Waals surface area contributed by atoms with Gasteiger partial charge in [0.2, 0.25) is 5.82 Å². The van der Waals surface area contributed by atoms with Gasteiger partial charge in [0.25, 0.3) is 5.89 Å². The summed E-state index contributed by atoms with van der Waals surface area (Å²) in [4.78, 5) is 20.7. The molecule has 0 radical (unpaired) electrons. The summed E-state index contributed by atoms with van der Waals surface area (Å²) in [6, 6.07) is 13.7. The average Bonchev–Trinajstić information content (AvgIpc) is 3.37. The second-order valence-electron chi connectivity index (χ2n) is 9.88. The highest BCUT2D eigenvalue weighted by atomic mass is 35.5. The molecule has 4 aromatic rings. The first-order valence-electron chi connectivity index (χ1n) is 12.5. The van der Waals surface area contributed by atoms with Crippen molar-refractivity contribution in [3.05, 3.63) is 71.1 Å². The third-order valence-corrected chi connectivity index (χ3v) is 5.90. The zero-order valence-corrected chi connectivity index (χ0v) is 23.0. The minimum absolute atomic E-state index is 0.247. The Bertz CT molecular complexity index is 1450. The fourth-order valence-corrected chi connectivity index (χ4v) is 4.16. The first kappa shape index (κ1) is 28.2. The van der Waals surface area contributed by atoms with Crippen LogP contribution in [0.2, 0.25) is 5.02 Å². The summed E-state index contributed by atoms with van der Waals surface area (Å²) in [7, 11) is 1.58. The van der Waals surface area contributed by atoms with E-state index in [0.717, 1.165) is 11.1 Å². The van der Waals surface area contributed by atoms with E-state index in [1.54, 1.807) is 43.6 Å². The van der Waals surface area contributed by atoms with E-state index >= 15 is 0 Å². The maximum Gasteiger partial charge on any atom is 0.306 e. The summed E-state index contributed by atoms with van der Waals surface area (Å²) in [5.41, 5.74) is 2.74. The Morgan fingerprint density at radius 2 is 1.90 bits per heavy atom. The predicted octanol–water partition coefficient (Wildman–Crippen LogP) is 6.94. The number of carbonyl (C=O) groups excluding carboxylic acids is 1. The molecule has 0 aliphatic carbocycles. The van der Waals surface area contributed by atoms with Crippen LogP contribution in [0.5, 0.6) is 0 Å². The number of carbonyl (C=O) groups is 1. The number of benzene rings is 2. The van der Waals surface area contributed by atoms with Gasteiger partial charge >= 0.3 is 5.97 Å². The molecule has 2 heterocycles. The van der Waals surface area contributed by atoms with Gasteiger partial charge < -0.3 is 19.3 Å². The van der Waals surface area contributed by atoms with Crippen molar-refractivity contribution in [2.45, 2.75) is 45.8 Å². The van der Waals surface area contributed by atoms with Crippen LogP contribution < -0.4 is 5.32 Å². The van der Waals surface area contributed by atoms with Crippen molar-refractivity contribution in [1.29, 1.82) is 0 Å². The van der Waals surface area contributed by atoms with E-state index in [-0.39, 0.29) is 18.4 Å². The molecule has 0 spiro atoms. The van der Waals surface area contributed by atoms with Crippen LogP contribution in [0.15, 0.2) is 59.3 Å². The van der Waals surface area contributed by atoms with E-state index in [1.165, 1.54) is 6.07 Å². The molecule has 1 N–H and O–H groups in total. The normalized spacial score (nSPS) is 11.4. The highest BCUT2D eigenvalue weighted by Crippen LogP contribution is 2.32. The van der Waals surface area contributed by atoms with Crippen molar-refractivity contribution < 1.29 is 23.2 Å². The molecule has 0 aliphatic rings. The number of ether oxygens (including phenoxy) is 2. The lowest BCUT2D eigenvalue weighted by molar-refractivity contribution is -0.154. The summed E-state index contributed by atoms with van der Waals surface area (Å²) in [6.45, 7) is 6.30. The molecule has 39 heavy (non-hydrogen) atoms. The van der Waals surface area contributed by atoms with Crippen molar-refractivity contribution in [3.8, 4) is 34.0 Å². The van der Waals surface area contributed by atoms with Crippen LogP contribution in [0.3, 0.4) is 0 Å². The van der Waals surface area contributed by atoms with Gasteiger partial charge in [-0.3, -0.25) is 4.79 Å². The van der Waals surface area contributed by atoms with Gasteiger partial charge in [0.15, 0.2) is 0 Å². The Morgan fingerprint density at radius 3 is 2.62 bits per heavy atom. The fraction of sp³-hybridized carbons (Fsp3) is 0.310. The summed E-state index contributed by atoms with van der Waals surface area (Å²) in [6.07, 6.45) is 2.46. The van der Waals surface area contributed by atoms with E-state index in [0.29, 0.717) is 58.6 Å². The second kappa shape index (κ2) is 12.4. The van der Waals surface area contributed by atoms with Gasteiger partial charge in [0, 0.05) is 43.0 Å². The Kier molecular flexibility index (Phi) is 8.93. The molecule has 10 heteroatoms. The maximum atomic E-state index is 14.4. The van der Waals surface area contributed by atoms with Crippen LogP contribution in [-0.2, 0) is 20.9 Å². The molecular formula is C29H30ClFN4O4. The zero-order valence-electron chi connectivity index (χ0n) is 22.3. The van der Waals surface area contributed by atoms with E-state index in [4.69, 9.17) is 25.6 Å². The van der Waals surface area contributed by atoms with Gasteiger partial charge in [-0.05, 0) is 62.6 Å². The quantitative estimate of drug-likeness (QED) is 0.167. The molecule has 0 fully saturated rings. The monoisotopic (exact) mass is 552 g/mol. The molecule has 204 valence electrons. The maximum absolute atomic E-state index is 14.4. The number of rotatable bonds is 10. The summed E-state index contributed by atoms with van der Waals surface area (Å²) in [5.74, 6) is 0.544. The molecule has 4 rings (SSSR count). The third kappa shape index (κ3) is 7.40. The van der Waals surface area contributed by atoms with Crippen LogP contribution in [0, 0.1) is 5.82 Å². The lowest BCUT2D eigenvalue weighted by atomic mass is 9.97. The first-order valence-corrected chi connectivity index (χ1v) is 12.8. The number of methoxy groups -OCH3 is 1. The van der Waals surface area contributed by atoms with E-state index in [1.807, 2.05) is 32.9 Å². The highest BCUT2D eigenvalue weighted by Gasteiger charge is 2.17. The third-order valence-electron chi connectivity index (χ3n) is 5.61. The zero-order chi connectivity index (χ0) is 28.0. The summed E-state index contributed by atoms with van der Waals surface area (Å²) in [5, 5.41) is 7.59. The van der Waals surface area contributed by atoms with Crippen molar-refractivity contribution in [3.63, 3.8) is 0 Å². The second-order valence-corrected chi connectivity index (χ2v) is 10.3. The lowest BCUT2D eigenvalue weighted by Gasteiger charge is -2.19. The number of halogens is 2. The van der Waals surface area contributed by atoms with E-state index < -0.39 is 5.60 Å². The molecule has 0 unspecified atom stereocenters. The number of nitrogens with one attached hydrogen (secondary N) is 1. The van der Waals surface area contributed by atoms with Crippen molar-refractivity contribution in [2.24, 2.45) is 0 Å². The molecule has 0 atom stereocenters. The van der Waals surface area contributed by atoms with Gasteiger partial charge in [-0.15, -0.1) is 0 Å². The number of pyridine rings is 1. The minimum atomic E-state index is -0.503. The number of esters is 1. The van der Waals surface area contributed by atoms with Gasteiger partial charge in [0.1, 0.15) is 17.2 Å². The molecule has 0 bridgehead atoms. The number of nitrogens with zero attached hydrogens (tertiary/aromatic N) is 3. The molecule has 0 saturated heterocycles. The first-order chi connectivity index (χ1) is 18.6. The standard InChI is InChI=1S/C29H30ClFN4O4/c1-29(2,3)38-25(36)10-7-13-32-27-23(30)15-19(16-33-27)26-34-28(39-35-26)18-11-12-21(20(14-18)17-37-4)22-8-5-6-9-24(22)31/h5-6,8-9,11-12,14-16H,7,10,13,17H2,1-4H3,(H,32,33). The van der Waals surface area contributed by atoms with E-state index in [2.05, 4.69) is 20.4 Å². The van der Waals surface area contributed by atoms with Crippen LogP contribution in [0.4, 0.5) is 10.2 Å². The van der Waals surface area contributed by atoms with E-state index in [9.17, 15) is 9.18 Å². The predicted molar refractivity (Wildman–Crippen MR) is 148 cm³/mol. The summed E-state index contributed by atoms with van der Waals surface area (Å²) < 4.78 is 30.6. The number of hydrogen-bond donors (Lipinski definition) is 1. The summed E-state index contributed by atoms with van der Waals surface area (Å²) >= 11 is 6.43. The van der Waals surface area contributed by atoms with Crippen LogP contribution >= 0.6 is 11.6 Å². The van der Waals surface area contributed by atoms with Crippen molar-refractivity contribution in [2.75, 3.05) is 19.0 Å². The molecule has 0 amide bonds. The molecule has 2 aromatic carbocycles. The Labute approximate surface area is 231 Å². The minimum Gasteiger partial charge on any atom is -0.460 e.